The standard InChI is InChI=1S/C34H36N4O5/c1-21(39)38-19-23-7-9-27(38)14-25(12-23)26-15-29(34(40)37-18-28-20-42-30-4-2-3-5-31(30)43-28)33(36-17-26)35-16-22-6-8-24-10-11-41-32(24)13-22/h2-6,8,12-13,15,17,23,27-28H,7,9-11,14,16,18-20H2,1H3,(H,35,36)(H,37,40)/t23-,27+,28-/m0/s1. The van der Waals surface area contributed by atoms with Crippen molar-refractivity contribution >= 4 is 23.2 Å². The summed E-state index contributed by atoms with van der Waals surface area (Å²) in [5.41, 5.74) is 4.79. The van der Waals surface area contributed by atoms with E-state index < -0.39 is 0 Å². The SMILES string of the molecule is CC(=O)N1C[C@@H]2C=C(c3cnc(NCc4ccc5c(c4)OCC5)c(C(=O)NC[C@H]4COc5ccccc5O4)c3)C[C@H]1CC2. The van der Waals surface area contributed by atoms with Gasteiger partial charge in [0.25, 0.3) is 5.91 Å². The van der Waals surface area contributed by atoms with Crippen LogP contribution in [0.2, 0.25) is 0 Å². The second-order valence-electron chi connectivity index (χ2n) is 11.8. The van der Waals surface area contributed by atoms with Crippen molar-refractivity contribution in [3.05, 3.63) is 83.1 Å². The highest BCUT2D eigenvalue weighted by atomic mass is 16.6. The Morgan fingerprint density at radius 1 is 1.05 bits per heavy atom. The number of piperidine rings is 1. The highest BCUT2D eigenvalue weighted by Gasteiger charge is 2.33. The molecular formula is C34H36N4O5. The number of ether oxygens (including phenoxy) is 3. The van der Waals surface area contributed by atoms with Gasteiger partial charge in [0.15, 0.2) is 11.5 Å². The summed E-state index contributed by atoms with van der Waals surface area (Å²) in [4.78, 5) is 32.8. The first-order chi connectivity index (χ1) is 21.0. The molecule has 0 saturated carbocycles. The summed E-state index contributed by atoms with van der Waals surface area (Å²) < 4.78 is 17.6. The molecule has 2 amide bonds. The van der Waals surface area contributed by atoms with Gasteiger partial charge in [0.2, 0.25) is 5.91 Å². The average molecular weight is 581 g/mol. The molecule has 8 rings (SSSR count). The monoisotopic (exact) mass is 580 g/mol. The van der Waals surface area contributed by atoms with Crippen LogP contribution in [-0.4, -0.2) is 60.1 Å². The zero-order valence-electron chi connectivity index (χ0n) is 24.3. The number of fused-ring (bicyclic) bond motifs is 5. The van der Waals surface area contributed by atoms with Crippen molar-refractivity contribution < 1.29 is 23.8 Å². The molecule has 222 valence electrons. The molecule has 5 heterocycles. The lowest BCUT2D eigenvalue weighted by atomic mass is 9.95. The molecule has 9 heteroatoms. The smallest absolute Gasteiger partial charge is 0.255 e. The molecule has 5 aliphatic rings. The van der Waals surface area contributed by atoms with Crippen LogP contribution in [0.5, 0.6) is 17.2 Å². The molecule has 4 aliphatic heterocycles. The van der Waals surface area contributed by atoms with Crippen LogP contribution in [0.3, 0.4) is 0 Å². The van der Waals surface area contributed by atoms with Gasteiger partial charge >= 0.3 is 0 Å². The fraction of sp³-hybridized carbons (Fsp3) is 0.382. The van der Waals surface area contributed by atoms with E-state index >= 15 is 0 Å². The van der Waals surface area contributed by atoms with E-state index in [1.165, 1.54) is 5.56 Å². The molecule has 2 aromatic carbocycles. The van der Waals surface area contributed by atoms with E-state index in [1.54, 1.807) is 6.92 Å². The molecule has 9 nitrogen and oxygen atoms in total. The largest absolute Gasteiger partial charge is 0.493 e. The maximum Gasteiger partial charge on any atom is 0.255 e. The number of hydrogen-bond acceptors (Lipinski definition) is 7. The van der Waals surface area contributed by atoms with E-state index in [-0.39, 0.29) is 24.0 Å². The summed E-state index contributed by atoms with van der Waals surface area (Å²) in [7, 11) is 0. The van der Waals surface area contributed by atoms with Gasteiger partial charge < -0.3 is 29.7 Å². The highest BCUT2D eigenvalue weighted by Crippen LogP contribution is 2.37. The van der Waals surface area contributed by atoms with Crippen molar-refractivity contribution in [2.75, 3.05) is 31.6 Å². The number of amides is 2. The Bertz CT molecular complexity index is 1590. The molecule has 0 unspecified atom stereocenters. The number of hydrogen-bond donors (Lipinski definition) is 2. The maximum atomic E-state index is 13.7. The van der Waals surface area contributed by atoms with Gasteiger partial charge in [-0.1, -0.05) is 30.3 Å². The topological polar surface area (TPSA) is 102 Å². The molecule has 0 radical (unpaired) electrons. The number of carbonyl (C=O) groups is 2. The number of para-hydroxylation sites is 2. The third kappa shape index (κ3) is 5.76. The Hall–Kier alpha value is -4.53. The van der Waals surface area contributed by atoms with Gasteiger partial charge in [0.1, 0.15) is 24.3 Å². The fourth-order valence-electron chi connectivity index (χ4n) is 6.54. The molecule has 3 aromatic rings. The molecule has 3 atom stereocenters. The van der Waals surface area contributed by atoms with Gasteiger partial charge in [-0.2, -0.15) is 0 Å². The lowest BCUT2D eigenvalue weighted by Crippen LogP contribution is -2.44. The van der Waals surface area contributed by atoms with Gasteiger partial charge in [-0.3, -0.25) is 9.59 Å². The summed E-state index contributed by atoms with van der Waals surface area (Å²) in [5.74, 6) is 3.00. The van der Waals surface area contributed by atoms with Gasteiger partial charge in [-0.25, -0.2) is 4.98 Å². The van der Waals surface area contributed by atoms with Crippen LogP contribution in [0.4, 0.5) is 5.82 Å². The minimum atomic E-state index is -0.310. The number of carbonyl (C=O) groups excluding carboxylic acids is 2. The Kier molecular flexibility index (Phi) is 7.39. The van der Waals surface area contributed by atoms with Gasteiger partial charge in [0.05, 0.1) is 18.7 Å². The quantitative estimate of drug-likeness (QED) is 0.421. The van der Waals surface area contributed by atoms with Gasteiger partial charge in [-0.15, -0.1) is 0 Å². The van der Waals surface area contributed by atoms with Crippen molar-refractivity contribution in [2.24, 2.45) is 5.92 Å². The molecule has 1 fully saturated rings. The Balaban J connectivity index is 1.12. The van der Waals surface area contributed by atoms with Gasteiger partial charge in [0, 0.05) is 38.7 Å². The zero-order chi connectivity index (χ0) is 29.3. The van der Waals surface area contributed by atoms with Crippen LogP contribution in [0.1, 0.15) is 53.2 Å². The maximum absolute atomic E-state index is 13.7. The summed E-state index contributed by atoms with van der Waals surface area (Å²) in [6.07, 6.45) is 7.55. The molecule has 1 aliphatic carbocycles. The van der Waals surface area contributed by atoms with E-state index in [1.807, 2.05) is 41.4 Å². The Morgan fingerprint density at radius 2 is 1.93 bits per heavy atom. The number of anilines is 1. The van der Waals surface area contributed by atoms with Gasteiger partial charge in [-0.05, 0) is 71.7 Å². The van der Waals surface area contributed by atoms with Crippen molar-refractivity contribution in [1.82, 2.24) is 15.2 Å². The normalized spacial score (nSPS) is 21.7. The minimum absolute atomic E-state index is 0.121. The third-order valence-corrected chi connectivity index (χ3v) is 8.82. The molecule has 43 heavy (non-hydrogen) atoms. The van der Waals surface area contributed by atoms with Crippen LogP contribution in [0, 0.1) is 5.92 Å². The lowest BCUT2D eigenvalue weighted by Gasteiger charge is -2.36. The van der Waals surface area contributed by atoms with Crippen LogP contribution < -0.4 is 24.8 Å². The molecule has 1 aromatic heterocycles. The first-order valence-corrected chi connectivity index (χ1v) is 15.1. The van der Waals surface area contributed by atoms with Crippen LogP contribution in [0.25, 0.3) is 5.57 Å². The lowest BCUT2D eigenvalue weighted by molar-refractivity contribution is -0.132. The van der Waals surface area contributed by atoms with Crippen LogP contribution in [0.15, 0.2) is 60.8 Å². The molecule has 0 spiro atoms. The number of rotatable bonds is 7. The highest BCUT2D eigenvalue weighted by molar-refractivity contribution is 5.99. The summed E-state index contributed by atoms with van der Waals surface area (Å²) in [6, 6.07) is 15.9. The van der Waals surface area contributed by atoms with E-state index in [4.69, 9.17) is 19.2 Å². The number of nitrogens with zero attached hydrogens (tertiary/aromatic N) is 2. The minimum Gasteiger partial charge on any atom is -0.493 e. The summed E-state index contributed by atoms with van der Waals surface area (Å²) in [5, 5.41) is 6.44. The molecule has 2 bridgehead atoms. The molecular weight excluding hydrogens is 544 g/mol. The number of nitrogens with one attached hydrogen (secondary N) is 2. The first-order valence-electron chi connectivity index (χ1n) is 15.1. The van der Waals surface area contributed by atoms with E-state index in [0.717, 1.165) is 54.7 Å². The summed E-state index contributed by atoms with van der Waals surface area (Å²) in [6.45, 7) is 4.25. The summed E-state index contributed by atoms with van der Waals surface area (Å²) >= 11 is 0. The zero-order valence-corrected chi connectivity index (χ0v) is 24.3. The van der Waals surface area contributed by atoms with Crippen LogP contribution >= 0.6 is 0 Å². The second-order valence-corrected chi connectivity index (χ2v) is 11.8. The third-order valence-electron chi connectivity index (χ3n) is 8.82. The first kappa shape index (κ1) is 27.3. The van der Waals surface area contributed by atoms with Crippen molar-refractivity contribution in [2.45, 2.75) is 51.3 Å². The predicted octanol–water partition coefficient (Wildman–Crippen LogP) is 4.61. The number of aromatic nitrogens is 1. The number of pyridine rings is 1. The van der Waals surface area contributed by atoms with E-state index in [2.05, 4.69) is 34.9 Å². The molecule has 1 saturated heterocycles. The van der Waals surface area contributed by atoms with E-state index in [0.29, 0.717) is 55.1 Å². The second kappa shape index (κ2) is 11.6. The van der Waals surface area contributed by atoms with Crippen LogP contribution in [-0.2, 0) is 17.8 Å². The van der Waals surface area contributed by atoms with Crippen molar-refractivity contribution in [3.63, 3.8) is 0 Å². The Labute approximate surface area is 251 Å². The predicted molar refractivity (Wildman–Crippen MR) is 162 cm³/mol. The fourth-order valence-corrected chi connectivity index (χ4v) is 6.54. The Morgan fingerprint density at radius 3 is 2.81 bits per heavy atom. The van der Waals surface area contributed by atoms with Crippen molar-refractivity contribution in [3.8, 4) is 17.2 Å². The molecule has 2 N–H and O–H groups in total. The van der Waals surface area contributed by atoms with E-state index in [9.17, 15) is 9.59 Å². The van der Waals surface area contributed by atoms with Crippen molar-refractivity contribution in [1.29, 1.82) is 0 Å². The number of benzene rings is 2. The average Bonchev–Trinajstić information content (AvgIpc) is 3.30.